The highest BCUT2D eigenvalue weighted by atomic mass is 16.3. The third kappa shape index (κ3) is 2.38. The first kappa shape index (κ1) is 11.5. The maximum Gasteiger partial charge on any atom is 0.293 e. The van der Waals surface area contributed by atoms with Crippen molar-refractivity contribution in [2.75, 3.05) is 0 Å². The van der Waals surface area contributed by atoms with Crippen molar-refractivity contribution in [1.29, 1.82) is 0 Å². The van der Waals surface area contributed by atoms with Crippen LogP contribution in [0.4, 0.5) is 0 Å². The lowest BCUT2D eigenvalue weighted by Gasteiger charge is -2.07. The summed E-state index contributed by atoms with van der Waals surface area (Å²) in [6, 6.07) is 9.73. The maximum atomic E-state index is 11.8. The Bertz CT molecular complexity index is 582. The van der Waals surface area contributed by atoms with Crippen LogP contribution >= 0.6 is 0 Å². The summed E-state index contributed by atoms with van der Waals surface area (Å²) in [5.41, 5.74) is 2.49. The minimum absolute atomic E-state index is 0.167. The van der Waals surface area contributed by atoms with Crippen LogP contribution in [0.2, 0.25) is 0 Å². The summed E-state index contributed by atoms with van der Waals surface area (Å²) in [4.78, 5) is 11.8. The van der Waals surface area contributed by atoms with Gasteiger partial charge in [-0.3, -0.25) is 4.79 Å². The second-order valence-corrected chi connectivity index (χ2v) is 4.27. The van der Waals surface area contributed by atoms with Crippen LogP contribution in [0.1, 0.15) is 16.7 Å². The highest BCUT2D eigenvalue weighted by molar-refractivity contribution is 5.28. The molecular weight excluding hydrogens is 214 g/mol. The van der Waals surface area contributed by atoms with Crippen molar-refractivity contribution in [3.05, 3.63) is 63.6 Å². The van der Waals surface area contributed by atoms with Gasteiger partial charge < -0.3 is 9.67 Å². The van der Waals surface area contributed by atoms with Gasteiger partial charge in [0.15, 0.2) is 5.75 Å². The fourth-order valence-electron chi connectivity index (χ4n) is 1.67. The fraction of sp³-hybridized carbons (Fsp3) is 0.214. The molecule has 1 N–H and O–H groups in total. The van der Waals surface area contributed by atoms with Gasteiger partial charge in [0.1, 0.15) is 0 Å². The summed E-state index contributed by atoms with van der Waals surface area (Å²) < 4.78 is 1.51. The number of rotatable bonds is 2. The predicted octanol–water partition coefficient (Wildman–Crippen LogP) is 2.22. The molecular formula is C14H15NO2. The summed E-state index contributed by atoms with van der Waals surface area (Å²) in [6.07, 6.45) is 1.71. The van der Waals surface area contributed by atoms with E-state index in [1.54, 1.807) is 19.2 Å². The van der Waals surface area contributed by atoms with E-state index in [4.69, 9.17) is 0 Å². The smallest absolute Gasteiger partial charge is 0.293 e. The summed E-state index contributed by atoms with van der Waals surface area (Å²) in [7, 11) is 0. The molecule has 0 atom stereocenters. The highest BCUT2D eigenvalue weighted by Gasteiger charge is 2.05. The standard InChI is InChI=1S/C14H15NO2/c1-10-3-5-12(6-4-10)9-15-8-7-11(2)13(16)14(15)17/h3-8,16H,9H2,1-2H3. The average molecular weight is 229 g/mol. The first-order valence-corrected chi connectivity index (χ1v) is 5.52. The quantitative estimate of drug-likeness (QED) is 0.858. The van der Waals surface area contributed by atoms with Crippen LogP contribution in [0.3, 0.4) is 0 Å². The zero-order valence-electron chi connectivity index (χ0n) is 9.97. The van der Waals surface area contributed by atoms with E-state index in [1.807, 2.05) is 31.2 Å². The Hall–Kier alpha value is -2.03. The molecule has 0 saturated carbocycles. The van der Waals surface area contributed by atoms with Crippen LogP contribution in [0.25, 0.3) is 0 Å². The molecule has 0 unspecified atom stereocenters. The molecule has 0 aliphatic heterocycles. The molecule has 0 saturated heterocycles. The van der Waals surface area contributed by atoms with Crippen molar-refractivity contribution in [2.45, 2.75) is 20.4 Å². The van der Waals surface area contributed by atoms with Crippen LogP contribution < -0.4 is 5.56 Å². The highest BCUT2D eigenvalue weighted by Crippen LogP contribution is 2.10. The van der Waals surface area contributed by atoms with E-state index in [0.717, 1.165) is 5.56 Å². The molecule has 3 heteroatoms. The lowest BCUT2D eigenvalue weighted by atomic mass is 10.1. The normalized spacial score (nSPS) is 10.5. The molecule has 0 bridgehead atoms. The van der Waals surface area contributed by atoms with Crippen LogP contribution in [-0.2, 0) is 6.54 Å². The molecule has 0 aliphatic carbocycles. The molecule has 3 nitrogen and oxygen atoms in total. The first-order valence-electron chi connectivity index (χ1n) is 5.52. The molecule has 2 aromatic rings. The number of hydrogen-bond acceptors (Lipinski definition) is 2. The van der Waals surface area contributed by atoms with E-state index in [9.17, 15) is 9.90 Å². The van der Waals surface area contributed by atoms with Gasteiger partial charge in [-0.05, 0) is 31.0 Å². The van der Waals surface area contributed by atoms with Crippen LogP contribution in [0.5, 0.6) is 5.75 Å². The van der Waals surface area contributed by atoms with Crippen molar-refractivity contribution in [2.24, 2.45) is 0 Å². The van der Waals surface area contributed by atoms with Gasteiger partial charge in [-0.15, -0.1) is 0 Å². The lowest BCUT2D eigenvalue weighted by Crippen LogP contribution is -2.20. The van der Waals surface area contributed by atoms with E-state index in [1.165, 1.54) is 10.1 Å². The summed E-state index contributed by atoms with van der Waals surface area (Å²) in [6.45, 7) is 4.22. The van der Waals surface area contributed by atoms with Gasteiger partial charge in [0, 0.05) is 6.20 Å². The van der Waals surface area contributed by atoms with E-state index >= 15 is 0 Å². The Morgan fingerprint density at radius 1 is 1.12 bits per heavy atom. The van der Waals surface area contributed by atoms with Crippen LogP contribution in [0, 0.1) is 13.8 Å². The van der Waals surface area contributed by atoms with E-state index < -0.39 is 0 Å². The monoisotopic (exact) mass is 229 g/mol. The molecule has 0 radical (unpaired) electrons. The molecule has 0 aliphatic rings. The molecule has 1 aromatic heterocycles. The van der Waals surface area contributed by atoms with Crippen molar-refractivity contribution >= 4 is 0 Å². The molecule has 88 valence electrons. The van der Waals surface area contributed by atoms with Gasteiger partial charge in [0.2, 0.25) is 0 Å². The molecule has 1 aromatic carbocycles. The number of benzene rings is 1. The second kappa shape index (κ2) is 4.45. The van der Waals surface area contributed by atoms with E-state index in [2.05, 4.69) is 0 Å². The summed E-state index contributed by atoms with van der Waals surface area (Å²) >= 11 is 0. The minimum atomic E-state index is -0.342. The Kier molecular flexibility index (Phi) is 3.00. The number of aromatic nitrogens is 1. The van der Waals surface area contributed by atoms with Gasteiger partial charge >= 0.3 is 0 Å². The molecule has 1 heterocycles. The zero-order chi connectivity index (χ0) is 12.4. The van der Waals surface area contributed by atoms with E-state index in [-0.39, 0.29) is 11.3 Å². The minimum Gasteiger partial charge on any atom is -0.503 e. The maximum absolute atomic E-state index is 11.8. The van der Waals surface area contributed by atoms with Gasteiger partial charge in [0.05, 0.1) is 6.54 Å². The average Bonchev–Trinajstić information content (AvgIpc) is 2.33. The molecule has 0 fully saturated rings. The summed E-state index contributed by atoms with van der Waals surface area (Å²) in [5, 5.41) is 9.58. The topological polar surface area (TPSA) is 42.2 Å². The Morgan fingerprint density at radius 3 is 2.41 bits per heavy atom. The SMILES string of the molecule is Cc1ccc(Cn2ccc(C)c(O)c2=O)cc1. The molecule has 0 amide bonds. The lowest BCUT2D eigenvalue weighted by molar-refractivity contribution is 0.454. The third-order valence-electron chi connectivity index (χ3n) is 2.81. The van der Waals surface area contributed by atoms with E-state index in [0.29, 0.717) is 12.1 Å². The molecule has 17 heavy (non-hydrogen) atoms. The van der Waals surface area contributed by atoms with Crippen LogP contribution in [0.15, 0.2) is 41.3 Å². The molecule has 2 rings (SSSR count). The van der Waals surface area contributed by atoms with Gasteiger partial charge in [0.25, 0.3) is 5.56 Å². The molecule has 0 spiro atoms. The van der Waals surface area contributed by atoms with Crippen LogP contribution in [-0.4, -0.2) is 9.67 Å². The fourth-order valence-corrected chi connectivity index (χ4v) is 1.67. The van der Waals surface area contributed by atoms with Crippen molar-refractivity contribution in [3.8, 4) is 5.75 Å². The van der Waals surface area contributed by atoms with Gasteiger partial charge in [-0.2, -0.15) is 0 Å². The largest absolute Gasteiger partial charge is 0.503 e. The number of aryl methyl sites for hydroxylation is 2. The number of nitrogens with zero attached hydrogens (tertiary/aromatic N) is 1. The Balaban J connectivity index is 2.34. The van der Waals surface area contributed by atoms with Gasteiger partial charge in [-0.25, -0.2) is 0 Å². The predicted molar refractivity (Wildman–Crippen MR) is 67.4 cm³/mol. The van der Waals surface area contributed by atoms with Gasteiger partial charge in [-0.1, -0.05) is 29.8 Å². The second-order valence-electron chi connectivity index (χ2n) is 4.27. The van der Waals surface area contributed by atoms with Crippen molar-refractivity contribution in [3.63, 3.8) is 0 Å². The Labute approximate surface area is 100.0 Å². The number of hydrogen-bond donors (Lipinski definition) is 1. The first-order chi connectivity index (χ1) is 8.08. The van der Waals surface area contributed by atoms with Crippen molar-refractivity contribution < 1.29 is 5.11 Å². The third-order valence-corrected chi connectivity index (χ3v) is 2.81. The number of pyridine rings is 1. The van der Waals surface area contributed by atoms with Crippen molar-refractivity contribution in [1.82, 2.24) is 4.57 Å². The Morgan fingerprint density at radius 2 is 1.76 bits per heavy atom. The summed E-state index contributed by atoms with van der Waals surface area (Å²) in [5.74, 6) is -0.167. The zero-order valence-corrected chi connectivity index (χ0v) is 9.97. The number of aromatic hydroxyl groups is 1.